The predicted octanol–water partition coefficient (Wildman–Crippen LogP) is 0.964. The summed E-state index contributed by atoms with van der Waals surface area (Å²) in [5.41, 5.74) is 0. The molecule has 2 rings (SSSR count). The van der Waals surface area contributed by atoms with Crippen molar-refractivity contribution >= 4 is 16.9 Å². The first-order chi connectivity index (χ1) is 6.84. The van der Waals surface area contributed by atoms with E-state index < -0.39 is 0 Å². The standard InChI is InChI=1S/C9H14N4S/c1-8(6-13-4-2-10-7-13)12-9-11-3-5-14-9/h2,4,7-8H,3,5-6H2,1H3,(H,11,12). The Morgan fingerprint density at radius 3 is 3.29 bits per heavy atom. The molecule has 1 aromatic heterocycles. The van der Waals surface area contributed by atoms with Crippen LogP contribution in [-0.4, -0.2) is 33.1 Å². The van der Waals surface area contributed by atoms with E-state index in [4.69, 9.17) is 0 Å². The van der Waals surface area contributed by atoms with Crippen molar-refractivity contribution in [3.63, 3.8) is 0 Å². The highest BCUT2D eigenvalue weighted by Gasteiger charge is 2.10. The monoisotopic (exact) mass is 210 g/mol. The van der Waals surface area contributed by atoms with Gasteiger partial charge in [-0.1, -0.05) is 11.8 Å². The number of nitrogens with one attached hydrogen (secondary N) is 1. The van der Waals surface area contributed by atoms with E-state index in [1.807, 2.05) is 12.5 Å². The molecule has 1 atom stereocenters. The lowest BCUT2D eigenvalue weighted by Crippen LogP contribution is -2.33. The number of hydrogen-bond acceptors (Lipinski definition) is 4. The molecule has 4 nitrogen and oxygen atoms in total. The summed E-state index contributed by atoms with van der Waals surface area (Å²) < 4.78 is 2.07. The zero-order valence-electron chi connectivity index (χ0n) is 8.18. The van der Waals surface area contributed by atoms with Crippen molar-refractivity contribution in [3.8, 4) is 0 Å². The van der Waals surface area contributed by atoms with Crippen LogP contribution in [0.2, 0.25) is 0 Å². The Labute approximate surface area is 87.8 Å². The van der Waals surface area contributed by atoms with Gasteiger partial charge in [-0.2, -0.15) is 0 Å². The highest BCUT2D eigenvalue weighted by atomic mass is 32.2. The highest BCUT2D eigenvalue weighted by Crippen LogP contribution is 2.09. The van der Waals surface area contributed by atoms with Gasteiger partial charge in [0.1, 0.15) is 0 Å². The Hall–Kier alpha value is -0.970. The number of rotatable bonds is 3. The molecule has 14 heavy (non-hydrogen) atoms. The van der Waals surface area contributed by atoms with E-state index in [1.54, 1.807) is 18.0 Å². The second-order valence-corrected chi connectivity index (χ2v) is 4.42. The van der Waals surface area contributed by atoms with Gasteiger partial charge >= 0.3 is 0 Å². The van der Waals surface area contributed by atoms with Crippen LogP contribution in [0.1, 0.15) is 6.92 Å². The van der Waals surface area contributed by atoms with Gasteiger partial charge in [-0.15, -0.1) is 0 Å². The summed E-state index contributed by atoms with van der Waals surface area (Å²) in [5.74, 6) is 1.11. The van der Waals surface area contributed by atoms with Crippen molar-refractivity contribution < 1.29 is 0 Å². The second kappa shape index (κ2) is 4.50. The van der Waals surface area contributed by atoms with E-state index in [0.29, 0.717) is 6.04 Å². The fraction of sp³-hybridized carbons (Fsp3) is 0.556. The smallest absolute Gasteiger partial charge is 0.156 e. The molecule has 5 heteroatoms. The van der Waals surface area contributed by atoms with Crippen LogP contribution in [0.15, 0.2) is 23.7 Å². The van der Waals surface area contributed by atoms with Crippen LogP contribution in [-0.2, 0) is 6.54 Å². The molecule has 1 aromatic rings. The maximum atomic E-state index is 4.35. The molecule has 0 fully saturated rings. The number of nitrogens with zero attached hydrogens (tertiary/aromatic N) is 3. The molecule has 0 radical (unpaired) electrons. The zero-order chi connectivity index (χ0) is 9.80. The van der Waals surface area contributed by atoms with Gasteiger partial charge in [-0.05, 0) is 6.92 Å². The highest BCUT2D eigenvalue weighted by molar-refractivity contribution is 8.14. The van der Waals surface area contributed by atoms with E-state index in [9.17, 15) is 0 Å². The molecule has 0 aliphatic carbocycles. The maximum absolute atomic E-state index is 4.35. The summed E-state index contributed by atoms with van der Waals surface area (Å²) in [4.78, 5) is 8.36. The minimum absolute atomic E-state index is 0.397. The molecule has 0 aromatic carbocycles. The third-order valence-corrected chi connectivity index (χ3v) is 2.91. The topological polar surface area (TPSA) is 42.2 Å². The SMILES string of the molecule is CC(Cn1ccnc1)NC1=NCCS1. The quantitative estimate of drug-likeness (QED) is 0.808. The maximum Gasteiger partial charge on any atom is 0.156 e. The normalized spacial score (nSPS) is 17.9. The lowest BCUT2D eigenvalue weighted by Gasteiger charge is -2.14. The predicted molar refractivity (Wildman–Crippen MR) is 59.6 cm³/mol. The van der Waals surface area contributed by atoms with Gasteiger partial charge in [0.05, 0.1) is 12.9 Å². The summed E-state index contributed by atoms with van der Waals surface area (Å²) in [6, 6.07) is 0.397. The largest absolute Gasteiger partial charge is 0.361 e. The molecule has 0 bridgehead atoms. The van der Waals surface area contributed by atoms with Gasteiger partial charge in [-0.25, -0.2) is 4.98 Å². The fourth-order valence-corrected chi connectivity index (χ4v) is 2.23. The molecular formula is C9H14N4S. The van der Waals surface area contributed by atoms with Crippen molar-refractivity contribution in [3.05, 3.63) is 18.7 Å². The van der Waals surface area contributed by atoms with Gasteiger partial charge in [0, 0.05) is 30.7 Å². The van der Waals surface area contributed by atoms with E-state index in [2.05, 4.69) is 26.8 Å². The van der Waals surface area contributed by atoms with Crippen LogP contribution < -0.4 is 5.32 Å². The molecule has 1 N–H and O–H groups in total. The van der Waals surface area contributed by atoms with Gasteiger partial charge in [0.25, 0.3) is 0 Å². The lowest BCUT2D eigenvalue weighted by molar-refractivity contribution is 0.548. The first-order valence-electron chi connectivity index (χ1n) is 4.74. The Bertz CT molecular complexity index is 307. The number of aliphatic imine (C=N–C) groups is 1. The first kappa shape index (κ1) is 9.58. The van der Waals surface area contributed by atoms with Crippen LogP contribution in [0.25, 0.3) is 0 Å². The molecular weight excluding hydrogens is 196 g/mol. The molecule has 1 aliphatic heterocycles. The molecule has 0 amide bonds. The number of hydrogen-bond donors (Lipinski definition) is 1. The van der Waals surface area contributed by atoms with Crippen molar-refractivity contribution in [1.82, 2.24) is 14.9 Å². The molecule has 76 valence electrons. The summed E-state index contributed by atoms with van der Waals surface area (Å²) in [6.45, 7) is 4.03. The van der Waals surface area contributed by atoms with Crippen LogP contribution in [0.4, 0.5) is 0 Å². The van der Waals surface area contributed by atoms with Crippen molar-refractivity contribution in [2.45, 2.75) is 19.5 Å². The Balaban J connectivity index is 1.81. The van der Waals surface area contributed by atoms with Gasteiger partial charge in [0.2, 0.25) is 0 Å². The molecule has 0 saturated heterocycles. The fourth-order valence-electron chi connectivity index (χ4n) is 1.39. The first-order valence-corrected chi connectivity index (χ1v) is 5.72. The third kappa shape index (κ3) is 2.51. The van der Waals surface area contributed by atoms with Gasteiger partial charge < -0.3 is 9.88 Å². The van der Waals surface area contributed by atoms with E-state index >= 15 is 0 Å². The number of amidine groups is 1. The van der Waals surface area contributed by atoms with Gasteiger partial charge in [-0.3, -0.25) is 4.99 Å². The Kier molecular flexibility index (Phi) is 3.08. The Morgan fingerprint density at radius 2 is 2.64 bits per heavy atom. The number of aromatic nitrogens is 2. The summed E-state index contributed by atoms with van der Waals surface area (Å²) in [6.07, 6.45) is 5.61. The summed E-state index contributed by atoms with van der Waals surface area (Å²) >= 11 is 1.80. The van der Waals surface area contributed by atoms with Crippen molar-refractivity contribution in [2.75, 3.05) is 12.3 Å². The van der Waals surface area contributed by atoms with E-state index in [0.717, 1.165) is 24.0 Å². The zero-order valence-corrected chi connectivity index (χ0v) is 9.00. The van der Waals surface area contributed by atoms with E-state index in [-0.39, 0.29) is 0 Å². The number of imidazole rings is 1. The van der Waals surface area contributed by atoms with Crippen LogP contribution in [0.3, 0.4) is 0 Å². The average molecular weight is 210 g/mol. The Morgan fingerprint density at radius 1 is 1.71 bits per heavy atom. The second-order valence-electron chi connectivity index (χ2n) is 3.34. The summed E-state index contributed by atoms with van der Waals surface area (Å²) in [7, 11) is 0. The molecule has 0 spiro atoms. The minimum Gasteiger partial charge on any atom is -0.361 e. The van der Waals surface area contributed by atoms with Gasteiger partial charge in [0.15, 0.2) is 5.17 Å². The van der Waals surface area contributed by atoms with Crippen molar-refractivity contribution in [1.29, 1.82) is 0 Å². The molecule has 2 heterocycles. The minimum atomic E-state index is 0.397. The lowest BCUT2D eigenvalue weighted by atomic mass is 10.3. The molecule has 1 unspecified atom stereocenters. The van der Waals surface area contributed by atoms with Crippen LogP contribution in [0.5, 0.6) is 0 Å². The van der Waals surface area contributed by atoms with Crippen LogP contribution in [0, 0.1) is 0 Å². The molecule has 1 aliphatic rings. The van der Waals surface area contributed by atoms with Crippen LogP contribution >= 0.6 is 11.8 Å². The third-order valence-electron chi connectivity index (χ3n) is 2.00. The summed E-state index contributed by atoms with van der Waals surface area (Å²) in [5, 5.41) is 4.46. The van der Waals surface area contributed by atoms with E-state index in [1.165, 1.54) is 0 Å². The van der Waals surface area contributed by atoms with Crippen molar-refractivity contribution in [2.24, 2.45) is 4.99 Å². The average Bonchev–Trinajstić information content (AvgIpc) is 2.76. The number of thioether (sulfide) groups is 1. The molecule has 0 saturated carbocycles.